The van der Waals surface area contributed by atoms with Crippen molar-refractivity contribution in [3.63, 3.8) is 0 Å². The van der Waals surface area contributed by atoms with Crippen LogP contribution in [0, 0.1) is 0 Å². The van der Waals surface area contributed by atoms with Crippen molar-refractivity contribution in [1.82, 2.24) is 24.5 Å². The molecule has 1 atom stereocenters. The molecule has 2 aromatic heterocycles. The van der Waals surface area contributed by atoms with Crippen LogP contribution in [0.2, 0.25) is 0 Å². The predicted molar refractivity (Wildman–Crippen MR) is 107 cm³/mol. The Bertz CT molecular complexity index is 1070. The summed E-state index contributed by atoms with van der Waals surface area (Å²) in [5.41, 5.74) is 3.26. The average Bonchev–Trinajstić information content (AvgIpc) is 3.43. The fourth-order valence-corrected chi connectivity index (χ4v) is 3.98. The highest BCUT2D eigenvalue weighted by Crippen LogP contribution is 2.37. The van der Waals surface area contributed by atoms with Gasteiger partial charge in [-0.25, -0.2) is 4.68 Å². The van der Waals surface area contributed by atoms with Gasteiger partial charge in [0.2, 0.25) is 0 Å². The number of nitrogens with zero attached hydrogens (tertiary/aromatic N) is 5. The number of anilines is 1. The van der Waals surface area contributed by atoms with Gasteiger partial charge in [0.15, 0.2) is 11.0 Å². The second-order valence-corrected chi connectivity index (χ2v) is 7.15. The van der Waals surface area contributed by atoms with Crippen LogP contribution in [0.5, 0.6) is 0 Å². The number of benzene rings is 2. The quantitative estimate of drug-likeness (QED) is 0.547. The first-order chi connectivity index (χ1) is 13.3. The molecule has 0 saturated carbocycles. The molecule has 27 heavy (non-hydrogen) atoms. The monoisotopic (exact) mass is 374 g/mol. The molecule has 5 rings (SSSR count). The molecule has 1 N–H and O–H groups in total. The first kappa shape index (κ1) is 16.1. The van der Waals surface area contributed by atoms with Crippen LogP contribution in [0.1, 0.15) is 11.6 Å². The normalized spacial score (nSPS) is 15.5. The number of hydrogen-bond acceptors (Lipinski definition) is 5. The second kappa shape index (κ2) is 6.59. The molecule has 0 bridgehead atoms. The molecular formula is C20H18N6S. The molecule has 134 valence electrons. The van der Waals surface area contributed by atoms with E-state index in [4.69, 9.17) is 0 Å². The maximum Gasteiger partial charge on any atom is 0.195 e. The van der Waals surface area contributed by atoms with Crippen LogP contribution >= 0.6 is 11.8 Å². The van der Waals surface area contributed by atoms with E-state index in [-0.39, 0.29) is 6.04 Å². The van der Waals surface area contributed by atoms with Crippen LogP contribution in [-0.4, -0.2) is 30.8 Å². The van der Waals surface area contributed by atoms with Crippen LogP contribution in [0.15, 0.2) is 72.0 Å². The molecule has 6 nitrogen and oxygen atoms in total. The van der Waals surface area contributed by atoms with Crippen LogP contribution in [0.25, 0.3) is 17.1 Å². The van der Waals surface area contributed by atoms with E-state index in [0.717, 1.165) is 34.6 Å². The van der Waals surface area contributed by atoms with Crippen molar-refractivity contribution < 1.29 is 0 Å². The fraction of sp³-hybridized carbons (Fsp3) is 0.150. The molecule has 0 fully saturated rings. The number of nitrogens with one attached hydrogen (secondary N) is 1. The predicted octanol–water partition coefficient (Wildman–Crippen LogP) is 4.02. The van der Waals surface area contributed by atoms with E-state index in [9.17, 15) is 0 Å². The van der Waals surface area contributed by atoms with Crippen molar-refractivity contribution in [2.24, 2.45) is 0 Å². The highest BCUT2D eigenvalue weighted by Gasteiger charge is 2.28. The van der Waals surface area contributed by atoms with Gasteiger partial charge in [0.1, 0.15) is 5.82 Å². The fourth-order valence-electron chi connectivity index (χ4n) is 3.48. The van der Waals surface area contributed by atoms with Gasteiger partial charge in [0, 0.05) is 5.69 Å². The van der Waals surface area contributed by atoms with Crippen molar-refractivity contribution in [1.29, 1.82) is 0 Å². The Kier molecular flexibility index (Phi) is 3.94. The van der Waals surface area contributed by atoms with E-state index >= 15 is 0 Å². The molecule has 0 aliphatic carbocycles. The largest absolute Gasteiger partial charge is 0.361 e. The summed E-state index contributed by atoms with van der Waals surface area (Å²) in [6.07, 6.45) is 3.89. The highest BCUT2D eigenvalue weighted by atomic mass is 32.2. The van der Waals surface area contributed by atoms with Gasteiger partial charge in [0.05, 0.1) is 24.3 Å². The van der Waals surface area contributed by atoms with Crippen molar-refractivity contribution >= 4 is 17.6 Å². The summed E-state index contributed by atoms with van der Waals surface area (Å²) < 4.78 is 4.09. The summed E-state index contributed by atoms with van der Waals surface area (Å²) >= 11 is 1.58. The Balaban J connectivity index is 1.57. The lowest BCUT2D eigenvalue weighted by Gasteiger charge is -2.12. The third kappa shape index (κ3) is 2.71. The zero-order chi connectivity index (χ0) is 18.2. The van der Waals surface area contributed by atoms with E-state index in [0.29, 0.717) is 0 Å². The number of thioether (sulfide) groups is 1. The van der Waals surface area contributed by atoms with Gasteiger partial charge in [0.25, 0.3) is 0 Å². The van der Waals surface area contributed by atoms with Gasteiger partial charge in [-0.15, -0.1) is 10.2 Å². The van der Waals surface area contributed by atoms with E-state index in [1.807, 2.05) is 41.4 Å². The smallest absolute Gasteiger partial charge is 0.195 e. The summed E-state index contributed by atoms with van der Waals surface area (Å²) in [4.78, 5) is 0. The number of fused-ring (bicyclic) bond motifs is 1. The van der Waals surface area contributed by atoms with E-state index in [2.05, 4.69) is 61.6 Å². The summed E-state index contributed by atoms with van der Waals surface area (Å²) in [5, 5.41) is 17.9. The van der Waals surface area contributed by atoms with E-state index in [1.165, 1.54) is 5.56 Å². The van der Waals surface area contributed by atoms with Gasteiger partial charge >= 0.3 is 0 Å². The maximum atomic E-state index is 4.58. The minimum atomic E-state index is 0.210. The Labute approximate surface area is 161 Å². The third-order valence-electron chi connectivity index (χ3n) is 4.78. The topological polar surface area (TPSA) is 60.6 Å². The molecule has 1 aliphatic rings. The molecule has 1 unspecified atom stereocenters. The molecule has 0 amide bonds. The van der Waals surface area contributed by atoms with E-state index in [1.54, 1.807) is 11.8 Å². The Morgan fingerprint density at radius 3 is 2.48 bits per heavy atom. The number of hydrogen-bond donors (Lipinski definition) is 1. The summed E-state index contributed by atoms with van der Waals surface area (Å²) in [6.45, 7) is 0.800. The first-order valence-corrected chi connectivity index (χ1v) is 10.00. The van der Waals surface area contributed by atoms with E-state index < -0.39 is 0 Å². The SMILES string of the molecule is CSc1nnc(-c2cnn3c2NC(c2ccccc2)C3)n1-c1ccccc1. The minimum Gasteiger partial charge on any atom is -0.361 e. The Morgan fingerprint density at radius 1 is 1.00 bits per heavy atom. The van der Waals surface area contributed by atoms with Gasteiger partial charge in [-0.3, -0.25) is 4.57 Å². The van der Waals surface area contributed by atoms with Crippen LogP contribution < -0.4 is 5.32 Å². The van der Waals surface area contributed by atoms with Gasteiger partial charge in [-0.05, 0) is 24.0 Å². The van der Waals surface area contributed by atoms with Crippen molar-refractivity contribution in [2.45, 2.75) is 17.7 Å². The maximum absolute atomic E-state index is 4.58. The summed E-state index contributed by atoms with van der Waals surface area (Å²) in [7, 11) is 0. The van der Waals surface area contributed by atoms with Gasteiger partial charge in [-0.1, -0.05) is 60.3 Å². The number of aromatic nitrogens is 5. The molecule has 0 spiro atoms. The third-order valence-corrected chi connectivity index (χ3v) is 5.41. The average molecular weight is 374 g/mol. The molecule has 2 aromatic carbocycles. The second-order valence-electron chi connectivity index (χ2n) is 6.38. The molecular weight excluding hydrogens is 356 g/mol. The lowest BCUT2D eigenvalue weighted by molar-refractivity contribution is 0.617. The molecule has 0 radical (unpaired) electrons. The Hall–Kier alpha value is -3.06. The first-order valence-electron chi connectivity index (χ1n) is 8.77. The highest BCUT2D eigenvalue weighted by molar-refractivity contribution is 7.98. The molecule has 4 aromatic rings. The standard InChI is InChI=1S/C20H18N6S/c1-27-20-24-23-19(26(20)15-10-6-3-7-11-15)16-12-21-25-13-17(22-18(16)25)14-8-4-2-5-9-14/h2-12,17,22H,13H2,1H3. The lowest BCUT2D eigenvalue weighted by Crippen LogP contribution is -2.07. The number of para-hydroxylation sites is 1. The molecule has 0 saturated heterocycles. The van der Waals surface area contributed by atoms with Crippen molar-refractivity contribution in [2.75, 3.05) is 11.6 Å². The Morgan fingerprint density at radius 2 is 1.74 bits per heavy atom. The van der Waals surface area contributed by atoms with Crippen LogP contribution in [-0.2, 0) is 6.54 Å². The summed E-state index contributed by atoms with van der Waals surface area (Å²) in [5.74, 6) is 1.79. The molecule has 7 heteroatoms. The zero-order valence-corrected chi connectivity index (χ0v) is 15.6. The van der Waals surface area contributed by atoms with Crippen LogP contribution in [0.3, 0.4) is 0 Å². The van der Waals surface area contributed by atoms with Crippen molar-refractivity contribution in [3.05, 3.63) is 72.4 Å². The molecule has 3 heterocycles. The minimum absolute atomic E-state index is 0.210. The zero-order valence-electron chi connectivity index (χ0n) is 14.8. The lowest BCUT2D eigenvalue weighted by atomic mass is 10.1. The summed E-state index contributed by atoms with van der Waals surface area (Å²) in [6, 6.07) is 20.8. The van der Waals surface area contributed by atoms with Crippen LogP contribution in [0.4, 0.5) is 5.82 Å². The van der Waals surface area contributed by atoms with Crippen molar-refractivity contribution in [3.8, 4) is 17.1 Å². The molecule has 1 aliphatic heterocycles. The number of rotatable bonds is 4. The van der Waals surface area contributed by atoms with Gasteiger partial charge < -0.3 is 5.32 Å². The van der Waals surface area contributed by atoms with Gasteiger partial charge in [-0.2, -0.15) is 5.10 Å².